The van der Waals surface area contributed by atoms with E-state index in [4.69, 9.17) is 0 Å². The fourth-order valence-electron chi connectivity index (χ4n) is 3.60. The van der Waals surface area contributed by atoms with Crippen LogP contribution in [-0.2, 0) is 0 Å². The fourth-order valence-corrected chi connectivity index (χ4v) is 3.60. The summed E-state index contributed by atoms with van der Waals surface area (Å²) in [6, 6.07) is 0.997. The summed E-state index contributed by atoms with van der Waals surface area (Å²) in [5.74, 6) is 0.490. The van der Waals surface area contributed by atoms with Crippen LogP contribution in [0.5, 0.6) is 0 Å². The lowest BCUT2D eigenvalue weighted by molar-refractivity contribution is -0.385. The van der Waals surface area contributed by atoms with Crippen LogP contribution in [0.15, 0.2) is 12.4 Å². The van der Waals surface area contributed by atoms with Crippen molar-refractivity contribution < 1.29 is 4.92 Å². The highest BCUT2D eigenvalue weighted by Crippen LogP contribution is 2.58. The first-order valence-corrected chi connectivity index (χ1v) is 6.92. The van der Waals surface area contributed by atoms with E-state index in [1.807, 2.05) is 0 Å². The van der Waals surface area contributed by atoms with Crippen LogP contribution < -0.4 is 5.32 Å². The molecule has 1 aromatic rings. The lowest BCUT2D eigenvalue weighted by Gasteiger charge is -2.63. The maximum atomic E-state index is 10.6. The second-order valence-corrected chi connectivity index (χ2v) is 6.02. The van der Waals surface area contributed by atoms with Gasteiger partial charge in [-0.05, 0) is 33.4 Å². The van der Waals surface area contributed by atoms with E-state index in [-0.39, 0.29) is 5.69 Å². The van der Waals surface area contributed by atoms with Crippen molar-refractivity contribution in [2.75, 3.05) is 19.4 Å². The third kappa shape index (κ3) is 1.93. The van der Waals surface area contributed by atoms with E-state index in [2.05, 4.69) is 34.3 Å². The molecule has 1 aromatic heterocycles. The molecule has 0 amide bonds. The molecule has 2 unspecified atom stereocenters. The second-order valence-electron chi connectivity index (χ2n) is 6.02. The Kier molecular flexibility index (Phi) is 3.08. The summed E-state index contributed by atoms with van der Waals surface area (Å²) in [6.07, 6.45) is 7.34. The third-order valence-corrected chi connectivity index (χ3v) is 4.88. The minimum absolute atomic E-state index is 0.0753. The summed E-state index contributed by atoms with van der Waals surface area (Å²) in [5.41, 5.74) is 0.267. The summed E-state index contributed by atoms with van der Waals surface area (Å²) < 4.78 is 0. The van der Waals surface area contributed by atoms with E-state index in [9.17, 15) is 10.1 Å². The fraction of sp³-hybridized carbons (Fsp3) is 0.692. The first kappa shape index (κ1) is 13.2. The van der Waals surface area contributed by atoms with Crippen LogP contribution in [0.2, 0.25) is 0 Å². The molecular formula is C13H19N5O2. The van der Waals surface area contributed by atoms with E-state index >= 15 is 0 Å². The average Bonchev–Trinajstić information content (AvgIpc) is 2.32. The molecule has 0 bridgehead atoms. The monoisotopic (exact) mass is 277 g/mol. The van der Waals surface area contributed by atoms with Crippen LogP contribution in [-0.4, -0.2) is 46.0 Å². The van der Waals surface area contributed by atoms with Crippen molar-refractivity contribution in [3.63, 3.8) is 0 Å². The van der Waals surface area contributed by atoms with Gasteiger partial charge in [-0.3, -0.25) is 10.1 Å². The van der Waals surface area contributed by atoms with Crippen molar-refractivity contribution in [2.24, 2.45) is 5.41 Å². The summed E-state index contributed by atoms with van der Waals surface area (Å²) in [7, 11) is 4.26. The SMILES string of the molecule is CN(C)C1CC(Nc2ncc([N+](=O)[O-])cn2)C12CCC2. The highest BCUT2D eigenvalue weighted by molar-refractivity contribution is 5.35. The van der Waals surface area contributed by atoms with E-state index in [1.165, 1.54) is 31.7 Å². The number of hydrogen-bond acceptors (Lipinski definition) is 6. The van der Waals surface area contributed by atoms with E-state index < -0.39 is 4.92 Å². The molecule has 108 valence electrons. The van der Waals surface area contributed by atoms with E-state index in [0.717, 1.165) is 6.42 Å². The lowest BCUT2D eigenvalue weighted by Crippen LogP contribution is -2.68. The van der Waals surface area contributed by atoms with Crippen LogP contribution in [0, 0.1) is 15.5 Å². The summed E-state index contributed by atoms with van der Waals surface area (Å²) in [6.45, 7) is 0. The van der Waals surface area contributed by atoms with Gasteiger partial charge in [0.25, 0.3) is 0 Å². The van der Waals surface area contributed by atoms with Crippen LogP contribution in [0.4, 0.5) is 11.6 Å². The quantitative estimate of drug-likeness (QED) is 0.665. The van der Waals surface area contributed by atoms with Gasteiger partial charge in [0.15, 0.2) is 0 Å². The van der Waals surface area contributed by atoms with Crippen LogP contribution in [0.25, 0.3) is 0 Å². The first-order chi connectivity index (χ1) is 9.53. The smallest absolute Gasteiger partial charge is 0.305 e. The first-order valence-electron chi connectivity index (χ1n) is 6.92. The Bertz CT molecular complexity index is 512. The highest BCUT2D eigenvalue weighted by atomic mass is 16.6. The standard InChI is InChI=1S/C13H19N5O2/c1-17(2)11-6-10(13(11)4-3-5-13)16-12-14-7-9(8-15-12)18(19)20/h7-8,10-11H,3-6H2,1-2H3,(H,14,15,16). The van der Waals surface area contributed by atoms with Gasteiger partial charge in [-0.2, -0.15) is 0 Å². The van der Waals surface area contributed by atoms with Crippen molar-refractivity contribution in [3.8, 4) is 0 Å². The average molecular weight is 277 g/mol. The molecule has 7 heteroatoms. The van der Waals surface area contributed by atoms with Crippen molar-refractivity contribution in [1.82, 2.24) is 14.9 Å². The minimum Gasteiger partial charge on any atom is -0.351 e. The molecule has 20 heavy (non-hydrogen) atoms. The molecular weight excluding hydrogens is 258 g/mol. The molecule has 7 nitrogen and oxygen atoms in total. The molecule has 2 fully saturated rings. The molecule has 1 heterocycles. The summed E-state index contributed by atoms with van der Waals surface area (Å²) in [4.78, 5) is 20.5. The molecule has 0 aromatic carbocycles. The van der Waals surface area contributed by atoms with Crippen LogP contribution >= 0.6 is 0 Å². The number of nitro groups is 1. The van der Waals surface area contributed by atoms with Crippen molar-refractivity contribution in [2.45, 2.75) is 37.8 Å². The Morgan fingerprint density at radius 2 is 2.05 bits per heavy atom. The van der Waals surface area contributed by atoms with Crippen molar-refractivity contribution in [3.05, 3.63) is 22.5 Å². The normalized spacial score (nSPS) is 26.9. The zero-order valence-corrected chi connectivity index (χ0v) is 11.7. The Balaban J connectivity index is 1.68. The van der Waals surface area contributed by atoms with Crippen molar-refractivity contribution >= 4 is 11.6 Å². The number of aromatic nitrogens is 2. The number of rotatable bonds is 4. The number of hydrogen-bond donors (Lipinski definition) is 1. The highest BCUT2D eigenvalue weighted by Gasteiger charge is 2.59. The summed E-state index contributed by atoms with van der Waals surface area (Å²) >= 11 is 0. The zero-order chi connectivity index (χ0) is 14.3. The third-order valence-electron chi connectivity index (χ3n) is 4.88. The van der Waals surface area contributed by atoms with Crippen LogP contribution in [0.3, 0.4) is 0 Å². The van der Waals surface area contributed by atoms with E-state index in [0.29, 0.717) is 23.4 Å². The van der Waals surface area contributed by atoms with Crippen LogP contribution in [0.1, 0.15) is 25.7 Å². The molecule has 0 saturated heterocycles. The predicted octanol–water partition coefficient (Wildman–Crippen LogP) is 1.67. The Labute approximate surface area is 117 Å². The van der Waals surface area contributed by atoms with Gasteiger partial charge in [0.2, 0.25) is 5.95 Å². The van der Waals surface area contributed by atoms with Gasteiger partial charge in [-0.25, -0.2) is 9.97 Å². The summed E-state index contributed by atoms with van der Waals surface area (Å²) in [5, 5.41) is 13.9. The zero-order valence-electron chi connectivity index (χ0n) is 11.7. The maximum Gasteiger partial charge on any atom is 0.305 e. The Morgan fingerprint density at radius 1 is 1.40 bits per heavy atom. The maximum absolute atomic E-state index is 10.6. The Hall–Kier alpha value is -1.76. The largest absolute Gasteiger partial charge is 0.351 e. The van der Waals surface area contributed by atoms with Gasteiger partial charge in [-0.15, -0.1) is 0 Å². The second kappa shape index (κ2) is 4.66. The Morgan fingerprint density at radius 3 is 2.50 bits per heavy atom. The van der Waals surface area contributed by atoms with Gasteiger partial charge < -0.3 is 10.2 Å². The molecule has 0 radical (unpaired) electrons. The van der Waals surface area contributed by atoms with Crippen molar-refractivity contribution in [1.29, 1.82) is 0 Å². The molecule has 2 aliphatic rings. The van der Waals surface area contributed by atoms with Gasteiger partial charge in [0.1, 0.15) is 12.4 Å². The predicted molar refractivity (Wildman–Crippen MR) is 74.5 cm³/mol. The lowest BCUT2D eigenvalue weighted by atomic mass is 9.49. The number of nitrogens with zero attached hydrogens (tertiary/aromatic N) is 4. The van der Waals surface area contributed by atoms with Gasteiger partial charge in [0.05, 0.1) is 4.92 Å². The molecule has 1 spiro atoms. The molecule has 3 rings (SSSR count). The minimum atomic E-state index is -0.484. The number of anilines is 1. The van der Waals surface area contributed by atoms with E-state index in [1.54, 1.807) is 0 Å². The van der Waals surface area contributed by atoms with Gasteiger partial charge >= 0.3 is 5.69 Å². The molecule has 2 atom stereocenters. The molecule has 2 saturated carbocycles. The molecule has 2 aliphatic carbocycles. The number of nitrogens with one attached hydrogen (secondary N) is 1. The topological polar surface area (TPSA) is 84.2 Å². The van der Waals surface area contributed by atoms with Gasteiger partial charge in [-0.1, -0.05) is 6.42 Å². The molecule has 0 aliphatic heterocycles. The van der Waals surface area contributed by atoms with Gasteiger partial charge in [0, 0.05) is 17.5 Å². The molecule has 1 N–H and O–H groups in total.